The number of nitro benzene ring substituents is 1. The van der Waals surface area contributed by atoms with Crippen LogP contribution in [0.5, 0.6) is 0 Å². The Morgan fingerprint density at radius 2 is 1.97 bits per heavy atom. The Morgan fingerprint density at radius 3 is 2.62 bits per heavy atom. The average molecular weight is 447 g/mol. The Balaban J connectivity index is 1.63. The van der Waals surface area contributed by atoms with Gasteiger partial charge >= 0.3 is 0 Å². The highest BCUT2D eigenvalue weighted by Crippen LogP contribution is 2.26. The largest absolute Gasteiger partial charge is 0.333 e. The van der Waals surface area contributed by atoms with Crippen LogP contribution in [0.2, 0.25) is 0 Å². The van der Waals surface area contributed by atoms with Crippen LogP contribution < -0.4 is 0 Å². The van der Waals surface area contributed by atoms with E-state index in [1.165, 1.54) is 17.3 Å². The van der Waals surface area contributed by atoms with Crippen molar-refractivity contribution in [3.05, 3.63) is 110 Å². The standard InChI is InChI=1S/C24H22N4O3S/c1-18-7-9-21(32-18)16-26(13-11-19-5-3-2-4-6-19)24(29)20-8-10-22(23(15-20)28(30)31)27-14-12-25-17-27/h2-10,12,14-15,17H,11,13,16H2,1H3. The second kappa shape index (κ2) is 9.57. The maximum absolute atomic E-state index is 13.4. The van der Waals surface area contributed by atoms with Gasteiger partial charge in [-0.15, -0.1) is 11.3 Å². The van der Waals surface area contributed by atoms with E-state index < -0.39 is 4.92 Å². The van der Waals surface area contributed by atoms with Crippen molar-refractivity contribution in [2.45, 2.75) is 19.9 Å². The van der Waals surface area contributed by atoms with Crippen LogP contribution in [0, 0.1) is 17.0 Å². The van der Waals surface area contributed by atoms with Crippen LogP contribution in [-0.2, 0) is 13.0 Å². The highest BCUT2D eigenvalue weighted by atomic mass is 32.1. The van der Waals surface area contributed by atoms with E-state index in [0.717, 1.165) is 10.4 Å². The number of rotatable bonds is 8. The van der Waals surface area contributed by atoms with Gasteiger partial charge in [0, 0.05) is 40.3 Å². The summed E-state index contributed by atoms with van der Waals surface area (Å²) in [6.07, 6.45) is 5.38. The molecule has 0 radical (unpaired) electrons. The molecular weight excluding hydrogens is 424 g/mol. The van der Waals surface area contributed by atoms with Gasteiger partial charge in [-0.25, -0.2) is 4.98 Å². The van der Waals surface area contributed by atoms with Crippen molar-refractivity contribution >= 4 is 22.9 Å². The van der Waals surface area contributed by atoms with Gasteiger partial charge in [-0.1, -0.05) is 30.3 Å². The molecule has 2 heterocycles. The van der Waals surface area contributed by atoms with E-state index in [9.17, 15) is 14.9 Å². The lowest BCUT2D eigenvalue weighted by Crippen LogP contribution is -2.32. The molecule has 0 aliphatic rings. The lowest BCUT2D eigenvalue weighted by atomic mass is 10.1. The summed E-state index contributed by atoms with van der Waals surface area (Å²) in [6.45, 7) is 3.00. The normalized spacial score (nSPS) is 10.8. The summed E-state index contributed by atoms with van der Waals surface area (Å²) in [4.78, 5) is 32.6. The molecule has 0 aliphatic heterocycles. The second-order valence-corrected chi connectivity index (χ2v) is 8.78. The summed E-state index contributed by atoms with van der Waals surface area (Å²) in [6, 6.07) is 18.6. The third-order valence-corrected chi connectivity index (χ3v) is 6.13. The number of thiophene rings is 1. The molecule has 0 unspecified atom stereocenters. The molecule has 32 heavy (non-hydrogen) atoms. The Morgan fingerprint density at radius 1 is 1.16 bits per heavy atom. The molecule has 0 bridgehead atoms. The molecule has 0 fully saturated rings. The van der Waals surface area contributed by atoms with Gasteiger partial charge in [0.25, 0.3) is 11.6 Å². The number of hydrogen-bond donors (Lipinski definition) is 0. The molecular formula is C24H22N4O3S. The van der Waals surface area contributed by atoms with Gasteiger partial charge in [-0.2, -0.15) is 0 Å². The van der Waals surface area contributed by atoms with Gasteiger partial charge in [-0.3, -0.25) is 14.9 Å². The Kier molecular flexibility index (Phi) is 6.42. The highest BCUT2D eigenvalue weighted by molar-refractivity contribution is 7.11. The number of aromatic nitrogens is 2. The molecule has 4 aromatic rings. The van der Waals surface area contributed by atoms with E-state index in [4.69, 9.17) is 0 Å². The van der Waals surface area contributed by atoms with Gasteiger partial charge < -0.3 is 9.47 Å². The summed E-state index contributed by atoms with van der Waals surface area (Å²) in [7, 11) is 0. The van der Waals surface area contributed by atoms with Crippen LogP contribution in [0.3, 0.4) is 0 Å². The molecule has 0 spiro atoms. The van der Waals surface area contributed by atoms with Crippen LogP contribution in [0.1, 0.15) is 25.7 Å². The number of benzene rings is 2. The average Bonchev–Trinajstić information content (AvgIpc) is 3.48. The van der Waals surface area contributed by atoms with Gasteiger partial charge in [0.1, 0.15) is 5.69 Å². The topological polar surface area (TPSA) is 81.3 Å². The minimum absolute atomic E-state index is 0.135. The monoisotopic (exact) mass is 446 g/mol. The number of nitrogens with zero attached hydrogens (tertiary/aromatic N) is 4. The Bertz CT molecular complexity index is 1220. The number of carbonyl (C=O) groups excluding carboxylic acids is 1. The third kappa shape index (κ3) is 4.92. The summed E-state index contributed by atoms with van der Waals surface area (Å²) in [5, 5.41) is 11.7. The molecule has 2 aromatic heterocycles. The number of aryl methyl sites for hydroxylation is 1. The number of hydrogen-bond acceptors (Lipinski definition) is 5. The van der Waals surface area contributed by atoms with E-state index >= 15 is 0 Å². The smallest absolute Gasteiger partial charge is 0.294 e. The number of imidazole rings is 1. The van der Waals surface area contributed by atoms with E-state index in [2.05, 4.69) is 4.98 Å². The zero-order valence-electron chi connectivity index (χ0n) is 17.5. The van der Waals surface area contributed by atoms with Crippen molar-refractivity contribution in [1.29, 1.82) is 0 Å². The first-order chi connectivity index (χ1) is 15.5. The molecule has 7 nitrogen and oxygen atoms in total. The van der Waals surface area contributed by atoms with Crippen LogP contribution in [0.4, 0.5) is 5.69 Å². The van der Waals surface area contributed by atoms with E-state index in [1.807, 2.05) is 49.4 Å². The maximum atomic E-state index is 13.4. The summed E-state index contributed by atoms with van der Waals surface area (Å²) < 4.78 is 1.56. The molecule has 4 rings (SSSR count). The first kappa shape index (κ1) is 21.5. The van der Waals surface area contributed by atoms with Gasteiger partial charge in [0.2, 0.25) is 0 Å². The molecule has 8 heteroatoms. The van der Waals surface area contributed by atoms with E-state index in [0.29, 0.717) is 30.8 Å². The van der Waals surface area contributed by atoms with Crippen molar-refractivity contribution in [1.82, 2.24) is 14.5 Å². The van der Waals surface area contributed by atoms with Crippen molar-refractivity contribution in [3.8, 4) is 5.69 Å². The second-order valence-electron chi connectivity index (χ2n) is 7.41. The predicted molar refractivity (Wildman–Crippen MR) is 124 cm³/mol. The van der Waals surface area contributed by atoms with Crippen molar-refractivity contribution in [2.75, 3.05) is 6.54 Å². The zero-order chi connectivity index (χ0) is 22.5. The third-order valence-electron chi connectivity index (χ3n) is 5.14. The number of nitro groups is 1. The minimum Gasteiger partial charge on any atom is -0.333 e. The lowest BCUT2D eigenvalue weighted by Gasteiger charge is -2.22. The molecule has 162 valence electrons. The Hall–Kier alpha value is -3.78. The molecule has 2 aromatic carbocycles. The van der Waals surface area contributed by atoms with Crippen molar-refractivity contribution < 1.29 is 9.72 Å². The minimum atomic E-state index is -0.469. The summed E-state index contributed by atoms with van der Waals surface area (Å²) in [5.74, 6) is -0.229. The number of carbonyl (C=O) groups is 1. The first-order valence-corrected chi connectivity index (χ1v) is 11.0. The number of amides is 1. The van der Waals surface area contributed by atoms with E-state index in [-0.39, 0.29) is 11.6 Å². The predicted octanol–water partition coefficient (Wildman–Crippen LogP) is 5.04. The van der Waals surface area contributed by atoms with Crippen LogP contribution in [0.15, 0.2) is 79.4 Å². The van der Waals surface area contributed by atoms with E-state index in [1.54, 1.807) is 45.3 Å². The van der Waals surface area contributed by atoms with Crippen LogP contribution >= 0.6 is 11.3 Å². The molecule has 1 amide bonds. The van der Waals surface area contributed by atoms with Crippen molar-refractivity contribution in [3.63, 3.8) is 0 Å². The Labute approximate surface area is 189 Å². The quantitative estimate of drug-likeness (QED) is 0.281. The highest BCUT2D eigenvalue weighted by Gasteiger charge is 2.22. The van der Waals surface area contributed by atoms with Gasteiger partial charge in [0.15, 0.2) is 0 Å². The fraction of sp³-hybridized carbons (Fsp3) is 0.167. The summed E-state index contributed by atoms with van der Waals surface area (Å²) in [5.41, 5.74) is 1.66. The van der Waals surface area contributed by atoms with Crippen LogP contribution in [-0.4, -0.2) is 31.8 Å². The molecule has 0 saturated carbocycles. The molecule has 0 saturated heterocycles. The van der Waals surface area contributed by atoms with Gasteiger partial charge in [-0.05, 0) is 43.2 Å². The van der Waals surface area contributed by atoms with Gasteiger partial charge in [0.05, 0.1) is 17.8 Å². The molecule has 0 aliphatic carbocycles. The fourth-order valence-electron chi connectivity index (χ4n) is 3.52. The SMILES string of the molecule is Cc1ccc(CN(CCc2ccccc2)C(=O)c2ccc(-n3ccnc3)c([N+](=O)[O-])c2)s1. The summed E-state index contributed by atoms with van der Waals surface area (Å²) >= 11 is 1.65. The maximum Gasteiger partial charge on any atom is 0.294 e. The lowest BCUT2D eigenvalue weighted by molar-refractivity contribution is -0.384. The first-order valence-electron chi connectivity index (χ1n) is 10.2. The van der Waals surface area contributed by atoms with Crippen molar-refractivity contribution in [2.24, 2.45) is 0 Å². The van der Waals surface area contributed by atoms with Crippen LogP contribution in [0.25, 0.3) is 5.69 Å². The molecule has 0 atom stereocenters. The molecule has 0 N–H and O–H groups in total. The fourth-order valence-corrected chi connectivity index (χ4v) is 4.43. The zero-order valence-corrected chi connectivity index (χ0v) is 18.4.